The van der Waals surface area contributed by atoms with Gasteiger partial charge in [-0.1, -0.05) is 116 Å². The molecule has 0 saturated heterocycles. The van der Waals surface area contributed by atoms with E-state index in [9.17, 15) is 9.59 Å². The van der Waals surface area contributed by atoms with Gasteiger partial charge in [0.15, 0.2) is 0 Å². The Labute approximate surface area is 181 Å². The van der Waals surface area contributed by atoms with Crippen molar-refractivity contribution in [3.63, 3.8) is 0 Å². The number of rotatable bonds is 23. The fourth-order valence-corrected chi connectivity index (χ4v) is 3.96. The predicted octanol–water partition coefficient (Wildman–Crippen LogP) is 8.19. The number of hydrogen-bond acceptors (Lipinski definition) is 3. The monoisotopic (exact) mass is 410 g/mol. The summed E-state index contributed by atoms with van der Waals surface area (Å²) in [6.45, 7) is 4.28. The Morgan fingerprint density at radius 2 is 1.03 bits per heavy atom. The smallest absolute Gasteiger partial charge is 0.302 e. The molecule has 0 fully saturated rings. The van der Waals surface area contributed by atoms with E-state index in [2.05, 4.69) is 6.92 Å². The Bertz CT molecular complexity index is 354. The summed E-state index contributed by atoms with van der Waals surface area (Å²) in [5.74, 6) is 0.0794. The first kappa shape index (κ1) is 28.1. The number of carbonyl (C=O) groups is 2. The molecule has 0 bridgehead atoms. The molecule has 0 N–H and O–H groups in total. The maximum atomic E-state index is 11.3. The van der Waals surface area contributed by atoms with E-state index in [1.165, 1.54) is 110 Å². The SMILES string of the molecule is CCCCCCCCCCCCCCCC(C=O)CCCCCCCOC(C)=O. The Kier molecular flexibility index (Phi) is 22.7. The lowest BCUT2D eigenvalue weighted by atomic mass is 9.95. The normalized spacial score (nSPS) is 12.1. The van der Waals surface area contributed by atoms with E-state index in [0.717, 1.165) is 32.1 Å². The predicted molar refractivity (Wildman–Crippen MR) is 124 cm³/mol. The molecule has 0 aromatic heterocycles. The van der Waals surface area contributed by atoms with Crippen LogP contribution in [0.1, 0.15) is 142 Å². The maximum Gasteiger partial charge on any atom is 0.302 e. The molecule has 0 radical (unpaired) electrons. The van der Waals surface area contributed by atoms with Crippen LogP contribution in [0.3, 0.4) is 0 Å². The number of aldehydes is 1. The number of carbonyl (C=O) groups excluding carboxylic acids is 2. The molecule has 0 saturated carbocycles. The lowest BCUT2D eigenvalue weighted by molar-refractivity contribution is -0.141. The minimum atomic E-state index is -0.188. The van der Waals surface area contributed by atoms with Gasteiger partial charge >= 0.3 is 5.97 Å². The fraction of sp³-hybridized carbons (Fsp3) is 0.923. The molecular weight excluding hydrogens is 360 g/mol. The van der Waals surface area contributed by atoms with Crippen LogP contribution in [0.5, 0.6) is 0 Å². The van der Waals surface area contributed by atoms with Crippen LogP contribution in [0.2, 0.25) is 0 Å². The molecule has 0 aromatic carbocycles. The van der Waals surface area contributed by atoms with Gasteiger partial charge in [-0.25, -0.2) is 0 Å². The summed E-state index contributed by atoms with van der Waals surface area (Å²) >= 11 is 0. The molecule has 0 heterocycles. The number of esters is 1. The third-order valence-corrected chi connectivity index (χ3v) is 5.90. The molecule has 29 heavy (non-hydrogen) atoms. The average molecular weight is 411 g/mol. The van der Waals surface area contributed by atoms with Gasteiger partial charge in [-0.3, -0.25) is 4.79 Å². The molecule has 0 amide bonds. The first-order valence-corrected chi connectivity index (χ1v) is 12.8. The minimum absolute atomic E-state index is 0.188. The highest BCUT2D eigenvalue weighted by molar-refractivity contribution is 5.65. The third-order valence-electron chi connectivity index (χ3n) is 5.90. The van der Waals surface area contributed by atoms with Crippen LogP contribution < -0.4 is 0 Å². The van der Waals surface area contributed by atoms with Crippen molar-refractivity contribution >= 4 is 12.3 Å². The first-order valence-electron chi connectivity index (χ1n) is 12.8. The minimum Gasteiger partial charge on any atom is -0.466 e. The summed E-state index contributed by atoms with van der Waals surface area (Å²) in [7, 11) is 0. The van der Waals surface area contributed by atoms with E-state index < -0.39 is 0 Å². The van der Waals surface area contributed by atoms with E-state index in [-0.39, 0.29) is 11.9 Å². The summed E-state index contributed by atoms with van der Waals surface area (Å²) in [5, 5.41) is 0. The average Bonchev–Trinajstić information content (AvgIpc) is 2.71. The number of ether oxygens (including phenoxy) is 1. The molecule has 3 heteroatoms. The highest BCUT2D eigenvalue weighted by atomic mass is 16.5. The van der Waals surface area contributed by atoms with E-state index in [1.54, 1.807) is 0 Å². The highest BCUT2D eigenvalue weighted by Gasteiger charge is 2.06. The Hall–Kier alpha value is -0.860. The zero-order valence-electron chi connectivity index (χ0n) is 19.7. The van der Waals surface area contributed by atoms with Gasteiger partial charge < -0.3 is 9.53 Å². The summed E-state index contributed by atoms with van der Waals surface area (Å²) < 4.78 is 4.93. The molecule has 0 aromatic rings. The van der Waals surface area contributed by atoms with Gasteiger partial charge in [0.25, 0.3) is 0 Å². The molecule has 0 aliphatic carbocycles. The molecular formula is C26H50O3. The summed E-state index contributed by atoms with van der Waals surface area (Å²) in [4.78, 5) is 21.9. The maximum absolute atomic E-state index is 11.3. The standard InChI is InChI=1S/C26H50O3/c1-3-4-5-6-7-8-9-10-11-12-13-15-18-21-26(24-27)22-19-16-14-17-20-23-29-25(2)28/h24,26H,3-23H2,1-2H3. The third kappa shape index (κ3) is 23.3. The Balaban J connectivity index is 3.30. The molecule has 172 valence electrons. The van der Waals surface area contributed by atoms with Crippen molar-refractivity contribution in [2.75, 3.05) is 6.61 Å². The second-order valence-electron chi connectivity index (χ2n) is 8.82. The van der Waals surface area contributed by atoms with Crippen molar-refractivity contribution in [2.24, 2.45) is 5.92 Å². The van der Waals surface area contributed by atoms with E-state index in [0.29, 0.717) is 6.61 Å². The van der Waals surface area contributed by atoms with Gasteiger partial charge in [0, 0.05) is 12.8 Å². The zero-order valence-corrected chi connectivity index (χ0v) is 19.7. The Morgan fingerprint density at radius 3 is 1.41 bits per heavy atom. The summed E-state index contributed by atoms with van der Waals surface area (Å²) in [6, 6.07) is 0. The van der Waals surface area contributed by atoms with Crippen molar-refractivity contribution in [1.29, 1.82) is 0 Å². The van der Waals surface area contributed by atoms with Crippen LogP contribution in [0.4, 0.5) is 0 Å². The first-order chi connectivity index (χ1) is 14.2. The molecule has 1 unspecified atom stereocenters. The van der Waals surface area contributed by atoms with Gasteiger partial charge in [0.2, 0.25) is 0 Å². The van der Waals surface area contributed by atoms with Crippen molar-refractivity contribution < 1.29 is 14.3 Å². The number of hydrogen-bond donors (Lipinski definition) is 0. The topological polar surface area (TPSA) is 43.4 Å². The number of unbranched alkanes of at least 4 members (excludes halogenated alkanes) is 16. The van der Waals surface area contributed by atoms with Crippen LogP contribution in [-0.4, -0.2) is 18.9 Å². The highest BCUT2D eigenvalue weighted by Crippen LogP contribution is 2.18. The second kappa shape index (κ2) is 23.4. The van der Waals surface area contributed by atoms with Crippen LogP contribution in [-0.2, 0) is 14.3 Å². The van der Waals surface area contributed by atoms with Gasteiger partial charge in [0.05, 0.1) is 6.61 Å². The second-order valence-corrected chi connectivity index (χ2v) is 8.82. The van der Waals surface area contributed by atoms with Crippen LogP contribution in [0.25, 0.3) is 0 Å². The lowest BCUT2D eigenvalue weighted by Gasteiger charge is -2.10. The lowest BCUT2D eigenvalue weighted by Crippen LogP contribution is -2.02. The molecule has 0 spiro atoms. The van der Waals surface area contributed by atoms with Crippen molar-refractivity contribution in [2.45, 2.75) is 142 Å². The molecule has 0 aliphatic heterocycles. The largest absolute Gasteiger partial charge is 0.466 e. The van der Waals surface area contributed by atoms with E-state index in [4.69, 9.17) is 4.74 Å². The van der Waals surface area contributed by atoms with Crippen molar-refractivity contribution in [1.82, 2.24) is 0 Å². The van der Waals surface area contributed by atoms with Crippen molar-refractivity contribution in [3.05, 3.63) is 0 Å². The van der Waals surface area contributed by atoms with Crippen LogP contribution in [0.15, 0.2) is 0 Å². The Morgan fingerprint density at radius 1 is 0.655 bits per heavy atom. The zero-order chi connectivity index (χ0) is 21.4. The summed E-state index contributed by atoms with van der Waals surface area (Å²) in [5.41, 5.74) is 0. The van der Waals surface area contributed by atoms with Crippen LogP contribution in [0, 0.1) is 5.92 Å². The quantitative estimate of drug-likeness (QED) is 0.0968. The molecule has 0 aliphatic rings. The molecule has 3 nitrogen and oxygen atoms in total. The van der Waals surface area contributed by atoms with Gasteiger partial charge in [-0.2, -0.15) is 0 Å². The molecule has 1 atom stereocenters. The fourth-order valence-electron chi connectivity index (χ4n) is 3.96. The molecule has 0 rings (SSSR count). The van der Waals surface area contributed by atoms with E-state index >= 15 is 0 Å². The van der Waals surface area contributed by atoms with Crippen molar-refractivity contribution in [3.8, 4) is 0 Å². The van der Waals surface area contributed by atoms with Crippen LogP contribution >= 0.6 is 0 Å². The van der Waals surface area contributed by atoms with Gasteiger partial charge in [-0.05, 0) is 19.3 Å². The van der Waals surface area contributed by atoms with E-state index in [1.807, 2.05) is 0 Å². The van der Waals surface area contributed by atoms with Gasteiger partial charge in [0.1, 0.15) is 6.29 Å². The van der Waals surface area contributed by atoms with Gasteiger partial charge in [-0.15, -0.1) is 0 Å². The summed E-state index contributed by atoms with van der Waals surface area (Å²) in [6.07, 6.45) is 26.8.